The van der Waals surface area contributed by atoms with E-state index in [1.54, 1.807) is 0 Å². The van der Waals surface area contributed by atoms with Crippen molar-refractivity contribution < 1.29 is 0 Å². The van der Waals surface area contributed by atoms with Crippen molar-refractivity contribution in [2.75, 3.05) is 7.05 Å². The third-order valence-corrected chi connectivity index (χ3v) is 2.33. The Labute approximate surface area is 103 Å². The van der Waals surface area contributed by atoms with E-state index in [4.69, 9.17) is 0 Å². The maximum atomic E-state index is 3.40. The summed E-state index contributed by atoms with van der Waals surface area (Å²) >= 11 is 3.40. The first-order chi connectivity index (χ1) is 7.24. The van der Waals surface area contributed by atoms with Gasteiger partial charge in [0.15, 0.2) is 0 Å². The van der Waals surface area contributed by atoms with Gasteiger partial charge in [0, 0.05) is 10.5 Å². The predicted molar refractivity (Wildman–Crippen MR) is 74.3 cm³/mol. The molecule has 88 valence electrons. The Morgan fingerprint density at radius 1 is 1.00 bits per heavy atom. The van der Waals surface area contributed by atoms with E-state index in [0.717, 1.165) is 4.47 Å². The van der Waals surface area contributed by atoms with Crippen LogP contribution in [0.15, 0.2) is 28.7 Å². The topological polar surface area (TPSA) is 12.0 Å². The fourth-order valence-corrected chi connectivity index (χ4v) is 1.18. The summed E-state index contributed by atoms with van der Waals surface area (Å²) in [6.07, 6.45) is 0. The van der Waals surface area contributed by atoms with E-state index in [2.05, 4.69) is 52.4 Å². The van der Waals surface area contributed by atoms with Crippen molar-refractivity contribution in [3.63, 3.8) is 0 Å². The molecule has 0 fully saturated rings. The molecule has 1 N–H and O–H groups in total. The minimum absolute atomic E-state index is 0.433. The van der Waals surface area contributed by atoms with Crippen LogP contribution < -0.4 is 5.32 Å². The molecule has 1 nitrogen and oxygen atoms in total. The lowest BCUT2D eigenvalue weighted by molar-refractivity contribution is 0.652. The standard InChI is InChI=1S/C9H12BrN.2C2H6/c1-7(11-2)8-3-5-9(10)6-4-8;2*1-2/h3-7,11H,1-2H3;2*1-2H3/t7-;;/m1../s1. The van der Waals surface area contributed by atoms with Crippen LogP contribution in [0.5, 0.6) is 0 Å². The Bertz CT molecular complexity index is 218. The Kier molecular flexibility index (Phi) is 13.4. The number of nitrogens with one attached hydrogen (secondary N) is 1. The molecule has 1 aromatic carbocycles. The minimum Gasteiger partial charge on any atom is -0.313 e. The highest BCUT2D eigenvalue weighted by Crippen LogP contribution is 2.15. The van der Waals surface area contributed by atoms with E-state index in [9.17, 15) is 0 Å². The lowest BCUT2D eigenvalue weighted by atomic mass is 10.1. The van der Waals surface area contributed by atoms with Gasteiger partial charge in [-0.15, -0.1) is 0 Å². The van der Waals surface area contributed by atoms with Gasteiger partial charge >= 0.3 is 0 Å². The van der Waals surface area contributed by atoms with Crippen molar-refractivity contribution in [3.8, 4) is 0 Å². The number of hydrogen-bond acceptors (Lipinski definition) is 1. The minimum atomic E-state index is 0.433. The van der Waals surface area contributed by atoms with Crippen molar-refractivity contribution in [1.82, 2.24) is 5.32 Å². The van der Waals surface area contributed by atoms with Crippen molar-refractivity contribution in [3.05, 3.63) is 34.3 Å². The SMILES string of the molecule is CC.CC.CN[C@H](C)c1ccc(Br)cc1. The van der Waals surface area contributed by atoms with E-state index in [0.29, 0.717) is 6.04 Å². The van der Waals surface area contributed by atoms with Gasteiger partial charge in [-0.25, -0.2) is 0 Å². The highest BCUT2D eigenvalue weighted by molar-refractivity contribution is 9.10. The molecule has 0 aromatic heterocycles. The second-order valence-corrected chi connectivity index (χ2v) is 3.48. The Hall–Kier alpha value is -0.340. The van der Waals surface area contributed by atoms with Crippen LogP contribution in [0.1, 0.15) is 46.2 Å². The molecule has 0 spiro atoms. The quantitative estimate of drug-likeness (QED) is 0.818. The number of rotatable bonds is 2. The molecule has 0 unspecified atom stereocenters. The lowest BCUT2D eigenvalue weighted by Gasteiger charge is -2.09. The summed E-state index contributed by atoms with van der Waals surface area (Å²) in [5.41, 5.74) is 1.32. The lowest BCUT2D eigenvalue weighted by Crippen LogP contribution is -2.11. The molecule has 15 heavy (non-hydrogen) atoms. The van der Waals surface area contributed by atoms with E-state index >= 15 is 0 Å². The van der Waals surface area contributed by atoms with Crippen LogP contribution in [0.4, 0.5) is 0 Å². The molecule has 1 aromatic rings. The van der Waals surface area contributed by atoms with Crippen LogP contribution in [-0.4, -0.2) is 7.05 Å². The van der Waals surface area contributed by atoms with Gasteiger partial charge in [0.2, 0.25) is 0 Å². The van der Waals surface area contributed by atoms with E-state index in [1.807, 2.05) is 34.7 Å². The molecule has 0 amide bonds. The number of halogens is 1. The third-order valence-electron chi connectivity index (χ3n) is 1.80. The summed E-state index contributed by atoms with van der Waals surface area (Å²) in [6, 6.07) is 8.78. The molecule has 0 aliphatic rings. The van der Waals surface area contributed by atoms with Crippen molar-refractivity contribution >= 4 is 15.9 Å². The smallest absolute Gasteiger partial charge is 0.0289 e. The summed E-state index contributed by atoms with van der Waals surface area (Å²) in [6.45, 7) is 10.1. The summed E-state index contributed by atoms with van der Waals surface area (Å²) in [7, 11) is 1.96. The fraction of sp³-hybridized carbons (Fsp3) is 0.538. The first-order valence-corrected chi connectivity index (χ1v) is 6.46. The zero-order chi connectivity index (χ0) is 12.3. The van der Waals surface area contributed by atoms with Gasteiger partial charge in [-0.2, -0.15) is 0 Å². The van der Waals surface area contributed by atoms with Crippen molar-refractivity contribution in [1.29, 1.82) is 0 Å². The second-order valence-electron chi connectivity index (χ2n) is 2.56. The Morgan fingerprint density at radius 2 is 1.40 bits per heavy atom. The highest BCUT2D eigenvalue weighted by atomic mass is 79.9. The average molecular weight is 274 g/mol. The second kappa shape index (κ2) is 11.7. The molecule has 0 radical (unpaired) electrons. The maximum Gasteiger partial charge on any atom is 0.0289 e. The van der Waals surface area contributed by atoms with Crippen LogP contribution in [-0.2, 0) is 0 Å². The molecule has 2 heteroatoms. The molecule has 0 bridgehead atoms. The van der Waals surface area contributed by atoms with Crippen LogP contribution in [0.3, 0.4) is 0 Å². The van der Waals surface area contributed by atoms with Gasteiger partial charge < -0.3 is 5.32 Å². The number of hydrogen-bond donors (Lipinski definition) is 1. The van der Waals surface area contributed by atoms with Crippen LogP contribution >= 0.6 is 15.9 Å². The van der Waals surface area contributed by atoms with Crippen LogP contribution in [0.25, 0.3) is 0 Å². The van der Waals surface area contributed by atoms with Crippen LogP contribution in [0.2, 0.25) is 0 Å². The molecule has 0 aliphatic carbocycles. The molecular weight excluding hydrogens is 250 g/mol. The fourth-order valence-electron chi connectivity index (χ4n) is 0.918. The zero-order valence-corrected chi connectivity index (χ0v) is 12.4. The monoisotopic (exact) mass is 273 g/mol. The van der Waals surface area contributed by atoms with Gasteiger partial charge in [0.25, 0.3) is 0 Å². The van der Waals surface area contributed by atoms with Gasteiger partial charge in [-0.05, 0) is 31.7 Å². The largest absolute Gasteiger partial charge is 0.313 e. The molecule has 0 saturated heterocycles. The molecule has 0 saturated carbocycles. The van der Waals surface area contributed by atoms with E-state index < -0.39 is 0 Å². The molecule has 0 heterocycles. The van der Waals surface area contributed by atoms with E-state index in [1.165, 1.54) is 5.56 Å². The first-order valence-electron chi connectivity index (χ1n) is 5.67. The summed E-state index contributed by atoms with van der Waals surface area (Å²) in [4.78, 5) is 0. The van der Waals surface area contributed by atoms with E-state index in [-0.39, 0.29) is 0 Å². The summed E-state index contributed by atoms with van der Waals surface area (Å²) in [5.74, 6) is 0. The van der Waals surface area contributed by atoms with Gasteiger partial charge in [-0.3, -0.25) is 0 Å². The Morgan fingerprint density at radius 3 is 1.73 bits per heavy atom. The normalized spacial score (nSPS) is 10.3. The first kappa shape index (κ1) is 17.1. The number of benzene rings is 1. The molecule has 1 atom stereocenters. The summed E-state index contributed by atoms with van der Waals surface area (Å²) < 4.78 is 1.13. The zero-order valence-electron chi connectivity index (χ0n) is 10.8. The molecular formula is C13H24BrN. The predicted octanol–water partition coefficient (Wildman–Crippen LogP) is 4.78. The highest BCUT2D eigenvalue weighted by Gasteiger charge is 1.99. The summed E-state index contributed by atoms with van der Waals surface area (Å²) in [5, 5.41) is 3.19. The van der Waals surface area contributed by atoms with Crippen molar-refractivity contribution in [2.45, 2.75) is 40.7 Å². The maximum absolute atomic E-state index is 3.40. The van der Waals surface area contributed by atoms with Gasteiger partial charge in [-0.1, -0.05) is 55.8 Å². The molecule has 0 aliphatic heterocycles. The third kappa shape index (κ3) is 7.57. The molecule has 1 rings (SSSR count). The van der Waals surface area contributed by atoms with Gasteiger partial charge in [0.1, 0.15) is 0 Å². The van der Waals surface area contributed by atoms with Crippen molar-refractivity contribution in [2.24, 2.45) is 0 Å². The van der Waals surface area contributed by atoms with Crippen LogP contribution in [0, 0.1) is 0 Å². The van der Waals surface area contributed by atoms with Gasteiger partial charge in [0.05, 0.1) is 0 Å². The average Bonchev–Trinajstić information content (AvgIpc) is 2.34. The Balaban J connectivity index is 0.